The minimum absolute atomic E-state index is 0. The molecule has 0 amide bonds. The van der Waals surface area contributed by atoms with Gasteiger partial charge in [-0.05, 0) is 12.1 Å². The van der Waals surface area contributed by atoms with Crippen LogP contribution < -0.4 is 23.6 Å². The Morgan fingerprint density at radius 2 is 1.56 bits per heavy atom. The van der Waals surface area contributed by atoms with Gasteiger partial charge in [-0.1, -0.05) is 18.2 Å². The fourth-order valence-corrected chi connectivity index (χ4v) is 0.721. The van der Waals surface area contributed by atoms with Crippen LogP contribution in [-0.2, 0) is 14.3 Å². The van der Waals surface area contributed by atoms with E-state index in [0.29, 0.717) is 5.75 Å². The second-order valence-corrected chi connectivity index (χ2v) is 2.54. The molecule has 7 nitrogen and oxygen atoms in total. The summed E-state index contributed by atoms with van der Waals surface area (Å²) in [6.45, 7) is 0. The van der Waals surface area contributed by atoms with Crippen LogP contribution >= 0.6 is 0 Å². The summed E-state index contributed by atoms with van der Waals surface area (Å²) in [5.74, 6) is -1.71. The van der Waals surface area contributed by atoms with Gasteiger partial charge in [0.2, 0.25) is 0 Å². The van der Waals surface area contributed by atoms with Gasteiger partial charge in [0, 0.05) is 0 Å². The molecule has 0 spiro atoms. The van der Waals surface area contributed by atoms with Gasteiger partial charge < -0.3 is 26.0 Å². The molecule has 0 saturated heterocycles. The molecule has 0 aliphatic heterocycles. The van der Waals surface area contributed by atoms with Crippen molar-refractivity contribution in [1.29, 1.82) is 0 Å². The largest absolute Gasteiger partial charge is 1.00 e. The number of para-hydroxylation sites is 1. The second-order valence-electron chi connectivity index (χ2n) is 2.54. The molecule has 1 rings (SSSR count). The molecule has 1 aromatic rings. The average molecular weight is 250 g/mol. The normalized spacial score (nSPS) is 8.00. The molecule has 0 bridgehead atoms. The molecule has 0 atom stereocenters. The van der Waals surface area contributed by atoms with Crippen molar-refractivity contribution < 1.29 is 54.4 Å². The number of methoxy groups -OCH3 is 1. The Balaban J connectivity index is -0.000000379. The summed E-state index contributed by atoms with van der Waals surface area (Å²) >= 11 is 0. The van der Waals surface area contributed by atoms with Crippen LogP contribution in [0.3, 0.4) is 0 Å². The molecule has 0 fully saturated rings. The van der Waals surface area contributed by atoms with Gasteiger partial charge in [-0.2, -0.15) is 0 Å². The first-order chi connectivity index (χ1) is 7.97. The van der Waals surface area contributed by atoms with Crippen LogP contribution in [0.1, 0.15) is 1.43 Å². The number of carbonyl (C=O) groups is 2. The number of esters is 2. The molecular formula is C9H12BLiO7. The molecular weight excluding hydrogens is 238 g/mol. The fourth-order valence-electron chi connectivity index (χ4n) is 0.721. The van der Waals surface area contributed by atoms with Crippen LogP contribution in [0, 0.1) is 0 Å². The third-order valence-corrected chi connectivity index (χ3v) is 1.31. The predicted octanol–water partition coefficient (Wildman–Crippen LogP) is -4.17. The first-order valence-electron chi connectivity index (χ1n) is 4.36. The Kier molecular flexibility index (Phi) is 11.5. The van der Waals surface area contributed by atoms with Gasteiger partial charge in [0.15, 0.2) is 0 Å². The van der Waals surface area contributed by atoms with E-state index in [1.165, 1.54) is 0 Å². The van der Waals surface area contributed by atoms with Gasteiger partial charge in [0.25, 0.3) is 0 Å². The van der Waals surface area contributed by atoms with Gasteiger partial charge in [-0.15, -0.1) is 0 Å². The van der Waals surface area contributed by atoms with Crippen LogP contribution in [0.4, 0.5) is 0 Å². The monoisotopic (exact) mass is 250 g/mol. The van der Waals surface area contributed by atoms with E-state index in [9.17, 15) is 9.59 Å². The molecule has 1 aromatic carbocycles. The zero-order valence-electron chi connectivity index (χ0n) is 10.9. The van der Waals surface area contributed by atoms with Crippen LogP contribution in [0.15, 0.2) is 30.3 Å². The summed E-state index contributed by atoms with van der Waals surface area (Å²) in [4.78, 5) is 21.5. The summed E-state index contributed by atoms with van der Waals surface area (Å²) in [5, 5.41) is 21.5. The quantitative estimate of drug-likeness (QED) is 0.200. The summed E-state index contributed by atoms with van der Waals surface area (Å²) in [5.41, 5.74) is 0. The fraction of sp³-hybridized carbons (Fsp3) is 0.111. The molecule has 0 aromatic heterocycles. The molecule has 0 aliphatic rings. The zero-order valence-corrected chi connectivity index (χ0v) is 9.94. The SMILES string of the molecule is COC(=O)C(=O)Oc1ccccc1.OB(O)O.[H-].[Li+]. The van der Waals surface area contributed by atoms with Gasteiger partial charge in [0.05, 0.1) is 7.11 Å². The number of hydrogen-bond acceptors (Lipinski definition) is 7. The Bertz CT molecular complexity index is 360. The molecule has 0 aliphatic carbocycles. The standard InChI is InChI=1S/C9H8O4.BH3O3.Li.H/c1-12-8(10)9(11)13-7-5-3-2-4-6-7;2-1(3)4;;/h2-6H,1H3;2-4H;;/q;;+1;-1. The van der Waals surface area contributed by atoms with Crippen molar-refractivity contribution >= 4 is 19.3 Å². The smallest absolute Gasteiger partial charge is 1.00 e. The van der Waals surface area contributed by atoms with Crippen LogP contribution in [0.2, 0.25) is 0 Å². The summed E-state index contributed by atoms with van der Waals surface area (Å²) in [6, 6.07) is 8.30. The minimum atomic E-state index is -2.17. The number of carbonyl (C=O) groups excluding carboxylic acids is 2. The molecule has 9 heteroatoms. The molecule has 0 radical (unpaired) electrons. The number of benzene rings is 1. The van der Waals surface area contributed by atoms with E-state index in [4.69, 9.17) is 15.1 Å². The maximum atomic E-state index is 10.8. The van der Waals surface area contributed by atoms with Crippen molar-refractivity contribution in [3.05, 3.63) is 30.3 Å². The Morgan fingerprint density at radius 3 is 1.94 bits per heavy atom. The number of hydrogen-bond donors (Lipinski definition) is 3. The first kappa shape index (κ1) is 19.1. The number of rotatable bonds is 1. The molecule has 0 saturated carbocycles. The first-order valence-corrected chi connectivity index (χ1v) is 4.36. The minimum Gasteiger partial charge on any atom is -1.00 e. The van der Waals surface area contributed by atoms with Gasteiger partial charge in [-0.25, -0.2) is 9.59 Å². The molecule has 0 heterocycles. The summed E-state index contributed by atoms with van der Waals surface area (Å²) < 4.78 is 8.82. The van der Waals surface area contributed by atoms with Crippen molar-refractivity contribution in [2.75, 3.05) is 7.11 Å². The zero-order chi connectivity index (χ0) is 13.3. The van der Waals surface area contributed by atoms with Crippen molar-refractivity contribution in [3.8, 4) is 5.75 Å². The average Bonchev–Trinajstić information content (AvgIpc) is 2.28. The van der Waals surface area contributed by atoms with E-state index in [1.807, 2.05) is 0 Å². The summed E-state index contributed by atoms with van der Waals surface area (Å²) in [7, 11) is -1.05. The van der Waals surface area contributed by atoms with E-state index in [2.05, 4.69) is 9.47 Å². The van der Waals surface area contributed by atoms with Crippen molar-refractivity contribution in [1.82, 2.24) is 0 Å². The number of ether oxygens (including phenoxy) is 2. The van der Waals surface area contributed by atoms with E-state index >= 15 is 0 Å². The van der Waals surface area contributed by atoms with Crippen molar-refractivity contribution in [2.24, 2.45) is 0 Å². The Hall–Kier alpha value is -1.30. The van der Waals surface area contributed by atoms with Crippen LogP contribution in [-0.4, -0.2) is 41.4 Å². The predicted molar refractivity (Wildman–Crippen MR) is 57.6 cm³/mol. The summed E-state index contributed by atoms with van der Waals surface area (Å²) in [6.07, 6.45) is 0. The maximum absolute atomic E-state index is 10.8. The molecule has 18 heavy (non-hydrogen) atoms. The third-order valence-electron chi connectivity index (χ3n) is 1.31. The van der Waals surface area contributed by atoms with E-state index < -0.39 is 19.3 Å². The van der Waals surface area contributed by atoms with Crippen LogP contribution in [0.5, 0.6) is 5.75 Å². The second kappa shape index (κ2) is 10.8. The topological polar surface area (TPSA) is 113 Å². The van der Waals surface area contributed by atoms with E-state index in [1.54, 1.807) is 30.3 Å². The third kappa shape index (κ3) is 9.90. The van der Waals surface area contributed by atoms with Gasteiger partial charge in [-0.3, -0.25) is 0 Å². The van der Waals surface area contributed by atoms with Gasteiger partial charge >= 0.3 is 38.1 Å². The Labute approximate surface area is 117 Å². The molecule has 94 valence electrons. The molecule has 3 N–H and O–H groups in total. The molecule has 0 unspecified atom stereocenters. The maximum Gasteiger partial charge on any atom is 1.00 e. The van der Waals surface area contributed by atoms with Gasteiger partial charge in [0.1, 0.15) is 5.75 Å². The van der Waals surface area contributed by atoms with Crippen molar-refractivity contribution in [3.63, 3.8) is 0 Å². The van der Waals surface area contributed by atoms with E-state index in [0.717, 1.165) is 7.11 Å². The Morgan fingerprint density at radius 1 is 1.11 bits per heavy atom. The van der Waals surface area contributed by atoms with Crippen LogP contribution in [0.25, 0.3) is 0 Å². The van der Waals surface area contributed by atoms with Crippen molar-refractivity contribution in [2.45, 2.75) is 0 Å². The van der Waals surface area contributed by atoms with E-state index in [-0.39, 0.29) is 20.3 Å².